The van der Waals surface area contributed by atoms with E-state index in [1.54, 1.807) is 25.1 Å². The number of hydrogen-bond acceptors (Lipinski definition) is 8. The summed E-state index contributed by atoms with van der Waals surface area (Å²) in [5.41, 5.74) is 4.49. The highest BCUT2D eigenvalue weighted by Crippen LogP contribution is 2.47. The Kier molecular flexibility index (Phi) is 6.58. The van der Waals surface area contributed by atoms with Crippen molar-refractivity contribution in [1.29, 1.82) is 0 Å². The van der Waals surface area contributed by atoms with Crippen LogP contribution in [0.4, 0.5) is 17.1 Å². The van der Waals surface area contributed by atoms with E-state index in [2.05, 4.69) is 20.7 Å². The third-order valence-electron chi connectivity index (χ3n) is 7.71. The average Bonchev–Trinajstić information content (AvgIpc) is 3.37. The number of benzene rings is 3. The SMILES string of the molecule is Cc1cc(S(=O)(=O)O)ccc1Nc1cc(N2CCC[C@H](C(=O)NC(C)C)C2)c2noc3c2c1C(=O)c1ccccc1-3. The van der Waals surface area contributed by atoms with Crippen molar-refractivity contribution in [2.75, 3.05) is 23.3 Å². The maximum absolute atomic E-state index is 13.9. The largest absolute Gasteiger partial charge is 0.369 e. The highest BCUT2D eigenvalue weighted by molar-refractivity contribution is 7.85. The summed E-state index contributed by atoms with van der Waals surface area (Å²) in [4.78, 5) is 28.7. The topological polar surface area (TPSA) is 142 Å². The van der Waals surface area contributed by atoms with Crippen LogP contribution in [0.2, 0.25) is 0 Å². The van der Waals surface area contributed by atoms with E-state index in [0.29, 0.717) is 63.4 Å². The van der Waals surface area contributed by atoms with Crippen molar-refractivity contribution in [3.05, 3.63) is 65.2 Å². The second-order valence-electron chi connectivity index (χ2n) is 11.0. The molecule has 0 radical (unpaired) electrons. The molecule has 2 heterocycles. The number of aromatic nitrogens is 1. The molecular weight excluding hydrogens is 544 g/mol. The van der Waals surface area contributed by atoms with Crippen molar-refractivity contribution in [1.82, 2.24) is 10.5 Å². The van der Waals surface area contributed by atoms with E-state index in [9.17, 15) is 22.6 Å². The Hall–Kier alpha value is -4.22. The van der Waals surface area contributed by atoms with Crippen molar-refractivity contribution < 1.29 is 27.1 Å². The molecule has 0 spiro atoms. The minimum Gasteiger partial charge on any atom is -0.369 e. The van der Waals surface area contributed by atoms with Gasteiger partial charge >= 0.3 is 0 Å². The molecule has 1 aliphatic heterocycles. The minimum atomic E-state index is -4.37. The molecule has 1 aliphatic carbocycles. The summed E-state index contributed by atoms with van der Waals surface area (Å²) in [6.45, 7) is 6.78. The molecule has 0 bridgehead atoms. The molecule has 11 heteroatoms. The first kappa shape index (κ1) is 27.0. The van der Waals surface area contributed by atoms with Crippen LogP contribution in [0, 0.1) is 12.8 Å². The van der Waals surface area contributed by atoms with E-state index in [1.807, 2.05) is 32.0 Å². The van der Waals surface area contributed by atoms with Crippen LogP contribution in [0.25, 0.3) is 22.2 Å². The molecule has 0 saturated carbocycles. The van der Waals surface area contributed by atoms with Gasteiger partial charge in [0.25, 0.3) is 10.1 Å². The van der Waals surface area contributed by atoms with Crippen molar-refractivity contribution in [2.45, 2.75) is 44.6 Å². The second kappa shape index (κ2) is 10.0. The quantitative estimate of drug-likeness (QED) is 0.237. The Bertz CT molecular complexity index is 1830. The molecule has 4 aromatic rings. The molecule has 1 saturated heterocycles. The van der Waals surface area contributed by atoms with Crippen LogP contribution in [0.3, 0.4) is 0 Å². The molecule has 1 atom stereocenters. The van der Waals surface area contributed by atoms with Gasteiger partial charge in [-0.05, 0) is 63.4 Å². The van der Waals surface area contributed by atoms with Gasteiger partial charge in [0.1, 0.15) is 5.52 Å². The van der Waals surface area contributed by atoms with E-state index in [-0.39, 0.29) is 28.5 Å². The molecule has 1 aromatic heterocycles. The summed E-state index contributed by atoms with van der Waals surface area (Å²) in [6.07, 6.45) is 1.58. The standard InChI is InChI=1S/C30H30N4O6S/c1-16(2)31-30(36)18-7-6-12-34(15-18)24-14-23(32-22-11-10-19(13-17(22)3)41(37,38)39)25-26-27(24)33-40-29(26)21-9-5-4-8-20(21)28(25)35/h4-5,8-11,13-14,16,18,32H,6-7,12,15H2,1-3H3,(H,31,36)(H,37,38,39)/t18-/m0/s1. The Morgan fingerprint density at radius 3 is 2.59 bits per heavy atom. The number of hydrogen-bond donors (Lipinski definition) is 3. The molecule has 3 N–H and O–H groups in total. The van der Waals surface area contributed by atoms with Crippen LogP contribution in [0.5, 0.6) is 0 Å². The number of nitrogens with zero attached hydrogens (tertiary/aromatic N) is 2. The molecule has 10 nitrogen and oxygen atoms in total. The van der Waals surface area contributed by atoms with Gasteiger partial charge in [-0.15, -0.1) is 0 Å². The highest BCUT2D eigenvalue weighted by Gasteiger charge is 2.35. The molecular formula is C30H30N4O6S. The number of piperidine rings is 1. The van der Waals surface area contributed by atoms with E-state index >= 15 is 0 Å². The number of carbonyl (C=O) groups excluding carboxylic acids is 2. The number of aryl methyl sites for hydroxylation is 1. The number of rotatable bonds is 6. The first-order chi connectivity index (χ1) is 19.5. The molecule has 212 valence electrons. The van der Waals surface area contributed by atoms with E-state index in [0.717, 1.165) is 18.5 Å². The van der Waals surface area contributed by atoms with Gasteiger partial charge in [-0.1, -0.05) is 29.4 Å². The normalized spacial score (nSPS) is 16.7. The van der Waals surface area contributed by atoms with Crippen LogP contribution >= 0.6 is 0 Å². The first-order valence-corrected chi connectivity index (χ1v) is 15.0. The maximum atomic E-state index is 13.9. The van der Waals surface area contributed by atoms with Crippen molar-refractivity contribution in [2.24, 2.45) is 5.92 Å². The zero-order chi connectivity index (χ0) is 29.1. The monoisotopic (exact) mass is 574 g/mol. The number of amides is 1. The fourth-order valence-corrected chi connectivity index (χ4v) is 6.34. The van der Waals surface area contributed by atoms with Crippen LogP contribution < -0.4 is 15.5 Å². The maximum Gasteiger partial charge on any atom is 0.294 e. The number of ketones is 1. The van der Waals surface area contributed by atoms with Gasteiger partial charge < -0.3 is 20.1 Å². The molecule has 2 aliphatic rings. The Morgan fingerprint density at radius 1 is 1.12 bits per heavy atom. The molecule has 3 aromatic carbocycles. The van der Waals surface area contributed by atoms with Crippen molar-refractivity contribution >= 4 is 49.8 Å². The molecule has 1 fully saturated rings. The summed E-state index contributed by atoms with van der Waals surface area (Å²) < 4.78 is 38.7. The summed E-state index contributed by atoms with van der Waals surface area (Å²) in [7, 11) is -4.37. The van der Waals surface area contributed by atoms with Crippen LogP contribution in [0.15, 0.2) is 57.9 Å². The van der Waals surface area contributed by atoms with E-state index < -0.39 is 10.1 Å². The smallest absolute Gasteiger partial charge is 0.294 e. The molecule has 6 rings (SSSR count). The summed E-state index contributed by atoms with van der Waals surface area (Å²) >= 11 is 0. The third kappa shape index (κ3) is 4.74. The number of fused-ring (bicyclic) bond motifs is 2. The molecule has 0 unspecified atom stereocenters. The van der Waals surface area contributed by atoms with Gasteiger partial charge in [-0.3, -0.25) is 14.1 Å². The number of carbonyl (C=O) groups is 2. The Morgan fingerprint density at radius 2 is 1.88 bits per heavy atom. The second-order valence-corrected chi connectivity index (χ2v) is 12.4. The van der Waals surface area contributed by atoms with Crippen molar-refractivity contribution in [3.63, 3.8) is 0 Å². The molecule has 1 amide bonds. The highest BCUT2D eigenvalue weighted by atomic mass is 32.2. The van der Waals surface area contributed by atoms with Gasteiger partial charge in [0.2, 0.25) is 5.91 Å². The zero-order valence-electron chi connectivity index (χ0n) is 22.9. The molecule has 41 heavy (non-hydrogen) atoms. The van der Waals surface area contributed by atoms with Gasteiger partial charge in [0.15, 0.2) is 11.5 Å². The van der Waals surface area contributed by atoms with Gasteiger partial charge in [0, 0.05) is 35.9 Å². The van der Waals surface area contributed by atoms with Gasteiger partial charge in [-0.25, -0.2) is 0 Å². The summed E-state index contributed by atoms with van der Waals surface area (Å²) in [6, 6.07) is 13.3. The Labute approximate surface area is 237 Å². The van der Waals surface area contributed by atoms with E-state index in [1.165, 1.54) is 12.1 Å². The Balaban J connectivity index is 1.50. The minimum absolute atomic E-state index is 0.0107. The lowest BCUT2D eigenvalue weighted by Gasteiger charge is -2.34. The van der Waals surface area contributed by atoms with Crippen LogP contribution in [-0.4, -0.2) is 48.9 Å². The fraction of sp³-hybridized carbons (Fsp3) is 0.300. The first-order valence-electron chi connectivity index (χ1n) is 13.5. The summed E-state index contributed by atoms with van der Waals surface area (Å²) in [5.74, 6) is 0.126. The van der Waals surface area contributed by atoms with Crippen LogP contribution in [0.1, 0.15) is 48.2 Å². The van der Waals surface area contributed by atoms with Gasteiger partial charge in [-0.2, -0.15) is 8.42 Å². The van der Waals surface area contributed by atoms with E-state index in [4.69, 9.17) is 4.52 Å². The average molecular weight is 575 g/mol. The third-order valence-corrected chi connectivity index (χ3v) is 8.56. The zero-order valence-corrected chi connectivity index (χ0v) is 23.7. The van der Waals surface area contributed by atoms with Gasteiger partial charge in [0.05, 0.1) is 33.1 Å². The number of nitrogens with one attached hydrogen (secondary N) is 2. The van der Waals surface area contributed by atoms with Crippen molar-refractivity contribution in [3.8, 4) is 11.3 Å². The lowest BCUT2D eigenvalue weighted by Crippen LogP contribution is -2.45. The lowest BCUT2D eigenvalue weighted by atomic mass is 9.86. The lowest BCUT2D eigenvalue weighted by molar-refractivity contribution is -0.125. The van der Waals surface area contributed by atoms with Crippen LogP contribution in [-0.2, 0) is 14.9 Å². The number of anilines is 3. The summed E-state index contributed by atoms with van der Waals surface area (Å²) in [5, 5.41) is 11.4. The predicted molar refractivity (Wildman–Crippen MR) is 155 cm³/mol. The predicted octanol–water partition coefficient (Wildman–Crippen LogP) is 5.08. The fourth-order valence-electron chi connectivity index (χ4n) is 5.78.